The van der Waals surface area contributed by atoms with E-state index in [1.54, 1.807) is 35.5 Å². The van der Waals surface area contributed by atoms with E-state index in [0.29, 0.717) is 32.8 Å². The third-order valence-electron chi connectivity index (χ3n) is 5.34. The minimum absolute atomic E-state index is 0.164. The van der Waals surface area contributed by atoms with E-state index in [-0.39, 0.29) is 17.0 Å². The largest absolute Gasteiger partial charge is 0.379 e. The molecule has 0 spiro atoms. The van der Waals surface area contributed by atoms with Crippen LogP contribution in [0.4, 0.5) is 0 Å². The van der Waals surface area contributed by atoms with E-state index in [1.165, 1.54) is 4.31 Å². The van der Waals surface area contributed by atoms with Gasteiger partial charge in [-0.1, -0.05) is 12.1 Å². The maximum absolute atomic E-state index is 12.7. The number of hydrogen-bond acceptors (Lipinski definition) is 7. The Bertz CT molecular complexity index is 1010. The van der Waals surface area contributed by atoms with Gasteiger partial charge in [0.1, 0.15) is 5.92 Å². The molecule has 1 N–H and O–H groups in total. The number of fused-ring (bicyclic) bond motifs is 1. The Morgan fingerprint density at radius 3 is 2.60 bits per heavy atom. The summed E-state index contributed by atoms with van der Waals surface area (Å²) in [6, 6.07) is 6.60. The van der Waals surface area contributed by atoms with E-state index >= 15 is 0 Å². The van der Waals surface area contributed by atoms with Crippen molar-refractivity contribution in [3.05, 3.63) is 41.6 Å². The van der Waals surface area contributed by atoms with Crippen molar-refractivity contribution in [2.75, 3.05) is 26.3 Å². The van der Waals surface area contributed by atoms with Gasteiger partial charge in [-0.3, -0.25) is 9.79 Å². The van der Waals surface area contributed by atoms with E-state index in [0.717, 1.165) is 17.0 Å². The van der Waals surface area contributed by atoms with E-state index in [4.69, 9.17) is 4.74 Å². The van der Waals surface area contributed by atoms with Gasteiger partial charge in [-0.15, -0.1) is 0 Å². The molecule has 0 aromatic heterocycles. The molecule has 2 atom stereocenters. The molecule has 3 aliphatic rings. The van der Waals surface area contributed by atoms with Crippen molar-refractivity contribution in [3.63, 3.8) is 0 Å². The number of allylic oxidation sites excluding steroid dienone is 2. The normalized spacial score (nSPS) is 24.3. The summed E-state index contributed by atoms with van der Waals surface area (Å²) in [5.41, 5.74) is 2.64. The third-order valence-corrected chi connectivity index (χ3v) is 7.25. The second-order valence-corrected chi connectivity index (χ2v) is 9.42. The van der Waals surface area contributed by atoms with Gasteiger partial charge in [-0.25, -0.2) is 13.4 Å². The van der Waals surface area contributed by atoms with Gasteiger partial charge in [-0.2, -0.15) is 9.41 Å². The molecule has 30 heavy (non-hydrogen) atoms. The Morgan fingerprint density at radius 2 is 1.90 bits per heavy atom. The van der Waals surface area contributed by atoms with Gasteiger partial charge < -0.3 is 10.1 Å². The zero-order valence-corrected chi connectivity index (χ0v) is 17.8. The van der Waals surface area contributed by atoms with Gasteiger partial charge in [0.25, 0.3) is 0 Å². The van der Waals surface area contributed by atoms with Gasteiger partial charge in [0.05, 0.1) is 18.1 Å². The Balaban J connectivity index is 1.37. The van der Waals surface area contributed by atoms with Crippen LogP contribution in [0.2, 0.25) is 0 Å². The van der Waals surface area contributed by atoms with Crippen LogP contribution in [0.15, 0.2) is 51.0 Å². The first-order valence-electron chi connectivity index (χ1n) is 9.87. The topological polar surface area (TPSA) is 104 Å². The van der Waals surface area contributed by atoms with Gasteiger partial charge in [0.15, 0.2) is 6.17 Å². The summed E-state index contributed by atoms with van der Waals surface area (Å²) in [6.45, 7) is 5.67. The first kappa shape index (κ1) is 20.7. The van der Waals surface area contributed by atoms with Crippen LogP contribution < -0.4 is 5.32 Å². The Labute approximate surface area is 176 Å². The predicted molar refractivity (Wildman–Crippen MR) is 112 cm³/mol. The van der Waals surface area contributed by atoms with Crippen LogP contribution >= 0.6 is 0 Å². The number of nitrogens with one attached hydrogen (secondary N) is 1. The first-order valence-corrected chi connectivity index (χ1v) is 11.3. The Kier molecular flexibility index (Phi) is 5.72. The Hall–Kier alpha value is -2.56. The van der Waals surface area contributed by atoms with Crippen molar-refractivity contribution in [3.8, 4) is 0 Å². The molecule has 0 aliphatic carbocycles. The number of rotatable bonds is 5. The van der Waals surface area contributed by atoms with Crippen LogP contribution in [0.1, 0.15) is 19.4 Å². The van der Waals surface area contributed by atoms with Crippen molar-refractivity contribution < 1.29 is 17.9 Å². The Morgan fingerprint density at radius 1 is 1.20 bits per heavy atom. The fourth-order valence-electron chi connectivity index (χ4n) is 3.72. The number of hydrazone groups is 1. The molecule has 1 amide bonds. The number of benzene rings is 1. The molecule has 1 aromatic rings. The molecular weight excluding hydrogens is 406 g/mol. The average Bonchev–Trinajstić information content (AvgIpc) is 3.17. The number of aliphatic imine (C=N–C) groups is 1. The highest BCUT2D eigenvalue weighted by Crippen LogP contribution is 2.27. The van der Waals surface area contributed by atoms with Gasteiger partial charge in [-0.05, 0) is 37.6 Å². The van der Waals surface area contributed by atoms with Crippen molar-refractivity contribution in [1.29, 1.82) is 0 Å². The van der Waals surface area contributed by atoms with Crippen molar-refractivity contribution in [2.24, 2.45) is 16.0 Å². The van der Waals surface area contributed by atoms with Crippen molar-refractivity contribution in [1.82, 2.24) is 14.6 Å². The number of nitrogens with zero attached hydrogens (tertiary/aromatic N) is 4. The molecule has 0 bridgehead atoms. The molecule has 9 nitrogen and oxygen atoms in total. The second kappa shape index (κ2) is 8.29. The van der Waals surface area contributed by atoms with Crippen LogP contribution in [0.3, 0.4) is 0 Å². The monoisotopic (exact) mass is 431 g/mol. The molecule has 160 valence electrons. The smallest absolute Gasteiger partial charge is 0.243 e. The molecule has 1 fully saturated rings. The minimum Gasteiger partial charge on any atom is -0.379 e. The highest BCUT2D eigenvalue weighted by molar-refractivity contribution is 7.89. The van der Waals surface area contributed by atoms with Crippen LogP contribution in [-0.4, -0.2) is 68.0 Å². The molecule has 2 unspecified atom stereocenters. The molecule has 1 saturated heterocycles. The fraction of sp³-hybridized carbons (Fsp3) is 0.450. The molecule has 0 radical (unpaired) electrons. The van der Waals surface area contributed by atoms with E-state index in [9.17, 15) is 13.2 Å². The SMILES string of the molecule is CC1=CC(C)=NC2C(C(=O)NCc3ccc(S(=O)(=O)N4CCOCC4)cc3)C=NN12. The molecule has 3 aliphatic heterocycles. The number of hydrogen-bond donors (Lipinski definition) is 1. The van der Waals surface area contributed by atoms with Gasteiger partial charge in [0.2, 0.25) is 15.9 Å². The van der Waals surface area contributed by atoms with Crippen molar-refractivity contribution in [2.45, 2.75) is 31.5 Å². The number of ether oxygens (including phenoxy) is 1. The summed E-state index contributed by atoms with van der Waals surface area (Å²) in [7, 11) is -3.52. The maximum Gasteiger partial charge on any atom is 0.243 e. The van der Waals surface area contributed by atoms with Crippen LogP contribution in [-0.2, 0) is 26.1 Å². The molecular formula is C20H25N5O4S. The van der Waals surface area contributed by atoms with Crippen LogP contribution in [0.25, 0.3) is 0 Å². The number of carbonyl (C=O) groups is 1. The fourth-order valence-corrected chi connectivity index (χ4v) is 5.12. The molecule has 4 rings (SSSR count). The number of amides is 1. The maximum atomic E-state index is 12.7. The molecule has 3 heterocycles. The lowest BCUT2D eigenvalue weighted by Gasteiger charge is -2.28. The predicted octanol–water partition coefficient (Wildman–Crippen LogP) is 0.946. The number of morpholine rings is 1. The van der Waals surface area contributed by atoms with E-state index in [2.05, 4.69) is 15.4 Å². The summed E-state index contributed by atoms with van der Waals surface area (Å²) < 4.78 is 32.0. The zero-order valence-electron chi connectivity index (χ0n) is 17.0. The lowest BCUT2D eigenvalue weighted by molar-refractivity contribution is -0.124. The summed E-state index contributed by atoms with van der Waals surface area (Å²) in [6.07, 6.45) is 3.20. The molecule has 1 aromatic carbocycles. The van der Waals surface area contributed by atoms with Crippen LogP contribution in [0, 0.1) is 5.92 Å². The van der Waals surface area contributed by atoms with Crippen molar-refractivity contribution >= 4 is 27.9 Å². The summed E-state index contributed by atoms with van der Waals surface area (Å²) in [5.74, 6) is -0.632. The molecule has 0 saturated carbocycles. The van der Waals surface area contributed by atoms with E-state index in [1.807, 2.05) is 19.9 Å². The summed E-state index contributed by atoms with van der Waals surface area (Å²) in [5, 5.41) is 8.96. The average molecular weight is 432 g/mol. The highest BCUT2D eigenvalue weighted by atomic mass is 32.2. The minimum atomic E-state index is -3.52. The third kappa shape index (κ3) is 4.03. The highest BCUT2D eigenvalue weighted by Gasteiger charge is 2.38. The quantitative estimate of drug-likeness (QED) is 0.748. The molecule has 10 heteroatoms. The zero-order chi connectivity index (χ0) is 21.3. The first-order chi connectivity index (χ1) is 14.4. The number of sulfonamides is 1. The standard InChI is InChI=1S/C20H25N5O4S/c1-14-11-15(2)25-19(23-14)18(13-22-25)20(26)21-12-16-3-5-17(6-4-16)30(27,28)24-7-9-29-10-8-24/h3-6,11,13,18-19H,7-10,12H2,1-2H3,(H,21,26). The second-order valence-electron chi connectivity index (χ2n) is 7.48. The lowest BCUT2D eigenvalue weighted by Crippen LogP contribution is -2.41. The number of carbonyl (C=O) groups excluding carboxylic acids is 1. The van der Waals surface area contributed by atoms with E-state index < -0.39 is 15.9 Å². The summed E-state index contributed by atoms with van der Waals surface area (Å²) in [4.78, 5) is 17.5. The van der Waals surface area contributed by atoms with Crippen LogP contribution in [0.5, 0.6) is 0 Å². The summed E-state index contributed by atoms with van der Waals surface area (Å²) >= 11 is 0. The van der Waals surface area contributed by atoms with Gasteiger partial charge in [0, 0.05) is 37.3 Å². The van der Waals surface area contributed by atoms with Gasteiger partial charge >= 0.3 is 0 Å². The lowest BCUT2D eigenvalue weighted by atomic mass is 10.1.